The van der Waals surface area contributed by atoms with Gasteiger partial charge in [-0.3, -0.25) is 4.90 Å². The molecule has 0 spiro atoms. The normalized spacial score (nSPS) is 14.5. The number of halogens is 1. The number of carbonyl (C=O) groups is 1. The van der Waals surface area contributed by atoms with Crippen molar-refractivity contribution in [1.82, 2.24) is 24.7 Å². The lowest BCUT2D eigenvalue weighted by Crippen LogP contribution is -2.49. The fraction of sp³-hybridized carbons (Fsp3) is 0.400. The molecule has 34 heavy (non-hydrogen) atoms. The molecule has 2 N–H and O–H groups in total. The Labute approximate surface area is 205 Å². The van der Waals surface area contributed by atoms with E-state index in [1.165, 1.54) is 0 Å². The lowest BCUT2D eigenvalue weighted by molar-refractivity contribution is 0.141. The summed E-state index contributed by atoms with van der Waals surface area (Å²) in [7, 11) is 4.16. The predicted octanol–water partition coefficient (Wildman–Crippen LogP) is 4.00. The zero-order valence-electron chi connectivity index (χ0n) is 19.8. The van der Waals surface area contributed by atoms with Gasteiger partial charge in [-0.15, -0.1) is 0 Å². The molecule has 8 nitrogen and oxygen atoms in total. The summed E-state index contributed by atoms with van der Waals surface area (Å²) in [6.45, 7) is 5.37. The van der Waals surface area contributed by atoms with Gasteiger partial charge < -0.3 is 20.4 Å². The molecule has 2 aromatic carbocycles. The van der Waals surface area contributed by atoms with Gasteiger partial charge in [0, 0.05) is 48.8 Å². The molecule has 1 aliphatic rings. The quantitative estimate of drug-likeness (QED) is 0.474. The van der Waals surface area contributed by atoms with Crippen LogP contribution in [0.2, 0.25) is 5.02 Å². The van der Waals surface area contributed by atoms with Crippen LogP contribution in [0.4, 0.5) is 16.3 Å². The van der Waals surface area contributed by atoms with Crippen LogP contribution in [-0.2, 0) is 6.54 Å². The Morgan fingerprint density at radius 2 is 1.85 bits per heavy atom. The Morgan fingerprint density at radius 1 is 1.06 bits per heavy atom. The van der Waals surface area contributed by atoms with Crippen molar-refractivity contribution in [3.63, 3.8) is 0 Å². The van der Waals surface area contributed by atoms with Gasteiger partial charge in [-0.1, -0.05) is 29.8 Å². The fourth-order valence-corrected chi connectivity index (χ4v) is 4.20. The highest BCUT2D eigenvalue weighted by Crippen LogP contribution is 2.21. The molecular formula is C25H32ClN7O. The molecule has 1 saturated heterocycles. The van der Waals surface area contributed by atoms with E-state index >= 15 is 0 Å². The lowest BCUT2D eigenvalue weighted by Gasteiger charge is -2.34. The van der Waals surface area contributed by atoms with E-state index in [4.69, 9.17) is 21.6 Å². The monoisotopic (exact) mass is 481 g/mol. The van der Waals surface area contributed by atoms with Gasteiger partial charge in [-0.2, -0.15) is 0 Å². The van der Waals surface area contributed by atoms with E-state index in [2.05, 4.69) is 40.6 Å². The van der Waals surface area contributed by atoms with Crippen molar-refractivity contribution in [1.29, 1.82) is 0 Å². The third-order valence-electron chi connectivity index (χ3n) is 5.82. The summed E-state index contributed by atoms with van der Waals surface area (Å²) in [5.74, 6) is 1.68. The molecule has 0 atom stereocenters. The molecule has 1 aromatic heterocycles. The predicted molar refractivity (Wildman–Crippen MR) is 139 cm³/mol. The maximum absolute atomic E-state index is 12.6. The van der Waals surface area contributed by atoms with Crippen LogP contribution in [0.25, 0.3) is 10.9 Å². The number of urea groups is 1. The highest BCUT2D eigenvalue weighted by atomic mass is 35.5. The Kier molecular flexibility index (Phi) is 8.16. The van der Waals surface area contributed by atoms with Crippen molar-refractivity contribution >= 4 is 40.0 Å². The van der Waals surface area contributed by atoms with Gasteiger partial charge in [0.15, 0.2) is 0 Å². The standard InChI is InChI=1S/C25H32ClN7O/c1-31(2)12-6-11-27-24-21-9-3-4-10-22(21)29-23(30-24)18-32-13-15-33(16-14-32)25(34)28-20-8-5-7-19(26)17-20/h3-5,7-10,17H,6,11-16,18H2,1-2H3,(H,28,34)(H,27,29,30). The average molecular weight is 482 g/mol. The summed E-state index contributed by atoms with van der Waals surface area (Å²) >= 11 is 6.02. The van der Waals surface area contributed by atoms with Crippen molar-refractivity contribution in [2.45, 2.75) is 13.0 Å². The molecule has 0 saturated carbocycles. The van der Waals surface area contributed by atoms with E-state index in [0.29, 0.717) is 30.3 Å². The molecule has 1 fully saturated rings. The number of carbonyl (C=O) groups excluding carboxylic acids is 1. The fourth-order valence-electron chi connectivity index (χ4n) is 4.01. The molecule has 0 aliphatic carbocycles. The van der Waals surface area contributed by atoms with Gasteiger partial charge >= 0.3 is 6.03 Å². The van der Waals surface area contributed by atoms with E-state index in [1.54, 1.807) is 12.1 Å². The first-order chi connectivity index (χ1) is 16.5. The van der Waals surface area contributed by atoms with Crippen molar-refractivity contribution in [2.24, 2.45) is 0 Å². The van der Waals surface area contributed by atoms with Crippen LogP contribution in [0.15, 0.2) is 48.5 Å². The summed E-state index contributed by atoms with van der Waals surface area (Å²) in [4.78, 5) is 28.6. The molecule has 3 aromatic rings. The van der Waals surface area contributed by atoms with Gasteiger partial charge in [0.1, 0.15) is 11.6 Å². The summed E-state index contributed by atoms with van der Waals surface area (Å²) in [5.41, 5.74) is 1.65. The van der Waals surface area contributed by atoms with Crippen molar-refractivity contribution < 1.29 is 4.79 Å². The van der Waals surface area contributed by atoms with Gasteiger partial charge in [-0.05, 0) is 57.4 Å². The summed E-state index contributed by atoms with van der Waals surface area (Å²) < 4.78 is 0. The largest absolute Gasteiger partial charge is 0.369 e. The Hall–Kier alpha value is -2.94. The molecule has 9 heteroatoms. The molecule has 1 aliphatic heterocycles. The Balaban J connectivity index is 1.35. The van der Waals surface area contributed by atoms with Crippen molar-refractivity contribution in [3.05, 3.63) is 59.4 Å². The molecular weight excluding hydrogens is 450 g/mol. The lowest BCUT2D eigenvalue weighted by atomic mass is 10.2. The SMILES string of the molecule is CN(C)CCCNc1nc(CN2CCN(C(=O)Nc3cccc(Cl)c3)CC2)nc2ccccc12. The minimum Gasteiger partial charge on any atom is -0.369 e. The van der Waals surface area contributed by atoms with Crippen LogP contribution >= 0.6 is 11.6 Å². The zero-order valence-corrected chi connectivity index (χ0v) is 20.6. The summed E-state index contributed by atoms with van der Waals surface area (Å²) in [5, 5.41) is 8.07. The van der Waals surface area contributed by atoms with E-state index < -0.39 is 0 Å². The number of rotatable bonds is 8. The van der Waals surface area contributed by atoms with Crippen molar-refractivity contribution in [2.75, 3.05) is 64.0 Å². The molecule has 0 unspecified atom stereocenters. The third-order valence-corrected chi connectivity index (χ3v) is 6.06. The number of fused-ring (bicyclic) bond motifs is 1. The maximum atomic E-state index is 12.6. The molecule has 180 valence electrons. The van der Waals surface area contributed by atoms with Gasteiger partial charge in [0.2, 0.25) is 0 Å². The Bertz CT molecular complexity index is 1120. The van der Waals surface area contributed by atoms with E-state index in [1.807, 2.05) is 35.2 Å². The van der Waals surface area contributed by atoms with Crippen LogP contribution < -0.4 is 10.6 Å². The topological polar surface area (TPSA) is 76.6 Å². The number of piperazine rings is 1. The van der Waals surface area contributed by atoms with Crippen molar-refractivity contribution in [3.8, 4) is 0 Å². The Morgan fingerprint density at radius 3 is 2.62 bits per heavy atom. The second-order valence-corrected chi connectivity index (χ2v) is 9.23. The number of aromatic nitrogens is 2. The van der Waals surface area contributed by atoms with Crippen LogP contribution in [0.5, 0.6) is 0 Å². The number of amides is 2. The number of anilines is 2. The first-order valence-corrected chi connectivity index (χ1v) is 12.0. The van der Waals surface area contributed by atoms with Crippen LogP contribution in [-0.4, -0.2) is 84.1 Å². The van der Waals surface area contributed by atoms with Gasteiger partial charge in [0.25, 0.3) is 0 Å². The second-order valence-electron chi connectivity index (χ2n) is 8.79. The van der Waals surface area contributed by atoms with E-state index in [0.717, 1.165) is 55.1 Å². The van der Waals surface area contributed by atoms with Gasteiger partial charge in [-0.25, -0.2) is 14.8 Å². The number of hydrogen-bond donors (Lipinski definition) is 2. The molecule has 2 amide bonds. The van der Waals surface area contributed by atoms with Crippen LogP contribution in [0.3, 0.4) is 0 Å². The molecule has 4 rings (SSSR count). The molecule has 2 heterocycles. The number of nitrogens with one attached hydrogen (secondary N) is 2. The number of hydrogen-bond acceptors (Lipinski definition) is 6. The average Bonchev–Trinajstić information content (AvgIpc) is 2.82. The second kappa shape index (κ2) is 11.5. The minimum absolute atomic E-state index is 0.104. The maximum Gasteiger partial charge on any atom is 0.321 e. The van der Waals surface area contributed by atoms with E-state index in [9.17, 15) is 4.79 Å². The van der Waals surface area contributed by atoms with Gasteiger partial charge in [0.05, 0.1) is 12.1 Å². The summed E-state index contributed by atoms with van der Waals surface area (Å²) in [6.07, 6.45) is 1.04. The first kappa shape index (κ1) is 24.2. The smallest absolute Gasteiger partial charge is 0.321 e. The number of nitrogens with zero attached hydrogens (tertiary/aromatic N) is 5. The van der Waals surface area contributed by atoms with Crippen LogP contribution in [0.1, 0.15) is 12.2 Å². The summed E-state index contributed by atoms with van der Waals surface area (Å²) in [6, 6.07) is 15.2. The number of benzene rings is 2. The van der Waals surface area contributed by atoms with E-state index in [-0.39, 0.29) is 6.03 Å². The molecule has 0 radical (unpaired) electrons. The molecule has 0 bridgehead atoms. The first-order valence-electron chi connectivity index (χ1n) is 11.7. The minimum atomic E-state index is -0.104. The number of para-hydroxylation sites is 1. The zero-order chi connectivity index (χ0) is 23.9. The van der Waals surface area contributed by atoms with Crippen LogP contribution in [0, 0.1) is 0 Å². The highest BCUT2D eigenvalue weighted by Gasteiger charge is 2.22. The highest BCUT2D eigenvalue weighted by molar-refractivity contribution is 6.30. The third kappa shape index (κ3) is 6.56.